The van der Waals surface area contributed by atoms with Gasteiger partial charge in [-0.3, -0.25) is 9.89 Å². The van der Waals surface area contributed by atoms with Crippen molar-refractivity contribution in [1.82, 2.24) is 9.88 Å². The van der Waals surface area contributed by atoms with E-state index in [0.29, 0.717) is 6.54 Å². The van der Waals surface area contributed by atoms with Crippen LogP contribution in [0.25, 0.3) is 16.3 Å². The topological polar surface area (TPSA) is 40.5 Å². The van der Waals surface area contributed by atoms with E-state index in [1.165, 1.54) is 5.57 Å². The van der Waals surface area contributed by atoms with Gasteiger partial charge in [0.25, 0.3) is 0 Å². The molecule has 0 atom stereocenters. The van der Waals surface area contributed by atoms with Crippen molar-refractivity contribution in [2.75, 3.05) is 45.7 Å². The largest absolute Gasteiger partial charge is 0.373 e. The van der Waals surface area contributed by atoms with E-state index in [-0.39, 0.29) is 6.67 Å². The third-order valence-electron chi connectivity index (χ3n) is 4.41. The number of nitrogens with zero attached hydrogens (tertiary/aromatic N) is 3. The van der Waals surface area contributed by atoms with Crippen molar-refractivity contribution in [2.24, 2.45) is 4.99 Å². The first kappa shape index (κ1) is 20.0. The van der Waals surface area contributed by atoms with Gasteiger partial charge in [0.05, 0.1) is 0 Å². The number of hydrogen-bond acceptors (Lipinski definition) is 4. The normalized spacial score (nSPS) is 12.8. The third-order valence-corrected chi connectivity index (χ3v) is 4.41. The molecule has 1 aromatic carbocycles. The van der Waals surface area contributed by atoms with Crippen LogP contribution in [0.1, 0.15) is 25.8 Å². The van der Waals surface area contributed by atoms with Crippen LogP contribution in [0.15, 0.2) is 41.0 Å². The number of fused-ring (bicyclic) bond motifs is 1. The predicted octanol–water partition coefficient (Wildman–Crippen LogP) is 4.43. The Morgan fingerprint density at radius 3 is 2.73 bits per heavy atom. The van der Waals surface area contributed by atoms with Gasteiger partial charge in [-0.1, -0.05) is 19.1 Å². The zero-order chi connectivity index (χ0) is 18.9. The molecular formula is C21H29FN4. The van der Waals surface area contributed by atoms with Crippen molar-refractivity contribution in [3.63, 3.8) is 0 Å². The molecule has 0 aliphatic heterocycles. The van der Waals surface area contributed by atoms with Crippen LogP contribution in [0.3, 0.4) is 0 Å². The highest BCUT2D eigenvalue weighted by Crippen LogP contribution is 2.24. The maximum atomic E-state index is 12.8. The Balaban J connectivity index is 2.42. The summed E-state index contributed by atoms with van der Waals surface area (Å²) in [6.45, 7) is 6.02. The van der Waals surface area contributed by atoms with Gasteiger partial charge in [-0.05, 0) is 54.1 Å². The number of anilines is 1. The third kappa shape index (κ3) is 5.11. The maximum absolute atomic E-state index is 12.8. The molecule has 1 aromatic heterocycles. The second-order valence-electron chi connectivity index (χ2n) is 6.43. The predicted molar refractivity (Wildman–Crippen MR) is 111 cm³/mol. The van der Waals surface area contributed by atoms with Crippen LogP contribution < -0.4 is 5.32 Å². The van der Waals surface area contributed by atoms with E-state index in [4.69, 9.17) is 0 Å². The molecule has 2 aromatic rings. The highest BCUT2D eigenvalue weighted by atomic mass is 19.1. The van der Waals surface area contributed by atoms with E-state index in [1.807, 2.05) is 25.5 Å². The van der Waals surface area contributed by atoms with E-state index in [2.05, 4.69) is 52.2 Å². The lowest BCUT2D eigenvalue weighted by Gasteiger charge is -2.22. The molecule has 0 fully saturated rings. The molecule has 0 aliphatic carbocycles. The molecule has 140 valence electrons. The Morgan fingerprint density at radius 2 is 2.08 bits per heavy atom. The fourth-order valence-corrected chi connectivity index (χ4v) is 3.13. The standard InChI is InChI=1S/C21H29FN4/c1-5-9-26(10-8-22)15-16(2)20(14-23-3)17-6-7-18-13-25-21(24-4)12-19(18)11-17/h6-7,11-14H,5,8-10,15H2,1-4H3,(H,24,25)/b20-16-,23-14-. The first-order valence-electron chi connectivity index (χ1n) is 9.11. The number of allylic oxidation sites excluding steroid dienone is 1. The number of alkyl halides is 1. The molecular weight excluding hydrogens is 327 g/mol. The van der Waals surface area contributed by atoms with Crippen LogP contribution in [0.2, 0.25) is 0 Å². The van der Waals surface area contributed by atoms with Crippen LogP contribution in [0.5, 0.6) is 0 Å². The molecule has 0 spiro atoms. The highest BCUT2D eigenvalue weighted by Gasteiger charge is 2.10. The summed E-state index contributed by atoms with van der Waals surface area (Å²) in [6.07, 6.45) is 4.79. The van der Waals surface area contributed by atoms with Gasteiger partial charge in [-0.15, -0.1) is 0 Å². The van der Waals surface area contributed by atoms with Gasteiger partial charge in [-0.25, -0.2) is 9.37 Å². The van der Waals surface area contributed by atoms with Crippen LogP contribution in [0, 0.1) is 0 Å². The van der Waals surface area contributed by atoms with Gasteiger partial charge in [-0.2, -0.15) is 0 Å². The van der Waals surface area contributed by atoms with E-state index in [0.717, 1.165) is 47.2 Å². The van der Waals surface area contributed by atoms with Crippen molar-refractivity contribution in [3.05, 3.63) is 41.6 Å². The molecule has 0 unspecified atom stereocenters. The molecule has 5 heteroatoms. The number of aliphatic imine (C=N–C) groups is 1. The first-order valence-corrected chi connectivity index (χ1v) is 9.11. The van der Waals surface area contributed by atoms with Crippen molar-refractivity contribution in [1.29, 1.82) is 0 Å². The SMILES string of the molecule is CCCN(CCF)C/C(C)=C(/C=N\C)c1ccc2cnc(NC)cc2c1. The van der Waals surface area contributed by atoms with Gasteiger partial charge < -0.3 is 5.32 Å². The monoisotopic (exact) mass is 356 g/mol. The number of pyridine rings is 1. The summed E-state index contributed by atoms with van der Waals surface area (Å²) in [5.41, 5.74) is 3.41. The molecule has 0 radical (unpaired) electrons. The van der Waals surface area contributed by atoms with E-state index >= 15 is 0 Å². The molecule has 1 heterocycles. The van der Waals surface area contributed by atoms with Gasteiger partial charge in [0.2, 0.25) is 0 Å². The average molecular weight is 356 g/mol. The lowest BCUT2D eigenvalue weighted by atomic mass is 9.98. The summed E-state index contributed by atoms with van der Waals surface area (Å²) in [7, 11) is 3.65. The van der Waals surface area contributed by atoms with Crippen LogP contribution in [-0.2, 0) is 0 Å². The summed E-state index contributed by atoms with van der Waals surface area (Å²) in [5.74, 6) is 0.845. The Kier molecular flexibility index (Phi) is 7.73. The van der Waals surface area contributed by atoms with Crippen molar-refractivity contribution in [3.8, 4) is 0 Å². The van der Waals surface area contributed by atoms with E-state index < -0.39 is 0 Å². The molecule has 0 aliphatic rings. The Bertz CT molecular complexity index is 777. The minimum Gasteiger partial charge on any atom is -0.373 e. The summed E-state index contributed by atoms with van der Waals surface area (Å²) < 4.78 is 12.8. The number of benzene rings is 1. The summed E-state index contributed by atoms with van der Waals surface area (Å²) in [4.78, 5) is 10.8. The summed E-state index contributed by atoms with van der Waals surface area (Å²) in [6, 6.07) is 8.39. The molecule has 0 bridgehead atoms. The van der Waals surface area contributed by atoms with Crippen molar-refractivity contribution < 1.29 is 4.39 Å². The highest BCUT2D eigenvalue weighted by molar-refractivity contribution is 6.12. The average Bonchev–Trinajstić information content (AvgIpc) is 2.65. The smallest absolute Gasteiger partial charge is 0.126 e. The Labute approximate surface area is 155 Å². The molecule has 26 heavy (non-hydrogen) atoms. The Morgan fingerprint density at radius 1 is 1.27 bits per heavy atom. The van der Waals surface area contributed by atoms with Crippen LogP contribution >= 0.6 is 0 Å². The van der Waals surface area contributed by atoms with Crippen molar-refractivity contribution >= 4 is 28.4 Å². The summed E-state index contributed by atoms with van der Waals surface area (Å²) in [5, 5.41) is 5.31. The quantitative estimate of drug-likeness (QED) is 0.676. The zero-order valence-electron chi connectivity index (χ0n) is 16.2. The second kappa shape index (κ2) is 10.0. The van der Waals surface area contributed by atoms with Crippen molar-refractivity contribution in [2.45, 2.75) is 20.3 Å². The molecule has 0 saturated carbocycles. The van der Waals surface area contributed by atoms with Crippen LogP contribution in [-0.4, -0.2) is 56.5 Å². The molecule has 4 nitrogen and oxygen atoms in total. The lowest BCUT2D eigenvalue weighted by molar-refractivity contribution is 0.266. The van der Waals surface area contributed by atoms with E-state index in [9.17, 15) is 4.39 Å². The minimum atomic E-state index is -0.319. The first-order chi connectivity index (χ1) is 12.6. The molecule has 0 saturated heterocycles. The van der Waals surface area contributed by atoms with Gasteiger partial charge in [0.1, 0.15) is 12.5 Å². The molecule has 1 N–H and O–H groups in total. The number of aromatic nitrogens is 1. The fraction of sp³-hybridized carbons (Fsp3) is 0.429. The molecule has 2 rings (SSSR count). The fourth-order valence-electron chi connectivity index (χ4n) is 3.13. The maximum Gasteiger partial charge on any atom is 0.126 e. The number of hydrogen-bond donors (Lipinski definition) is 1. The van der Waals surface area contributed by atoms with Crippen LogP contribution in [0.4, 0.5) is 10.2 Å². The molecule has 0 amide bonds. The second-order valence-corrected chi connectivity index (χ2v) is 6.43. The number of nitrogens with one attached hydrogen (secondary N) is 1. The number of rotatable bonds is 9. The van der Waals surface area contributed by atoms with E-state index in [1.54, 1.807) is 7.05 Å². The zero-order valence-corrected chi connectivity index (χ0v) is 16.2. The summed E-state index contributed by atoms with van der Waals surface area (Å²) >= 11 is 0. The van der Waals surface area contributed by atoms with Gasteiger partial charge in [0, 0.05) is 45.0 Å². The Hall–Kier alpha value is -2.27. The number of halogens is 1. The van der Waals surface area contributed by atoms with Gasteiger partial charge in [0.15, 0.2) is 0 Å². The minimum absolute atomic E-state index is 0.319. The van der Waals surface area contributed by atoms with Gasteiger partial charge >= 0.3 is 0 Å². The lowest BCUT2D eigenvalue weighted by Crippen LogP contribution is -2.29.